The molecular formula is C23H36O7. The van der Waals surface area contributed by atoms with Crippen molar-refractivity contribution in [1.29, 1.82) is 0 Å². The van der Waals surface area contributed by atoms with E-state index in [2.05, 4.69) is 0 Å². The molecule has 5 atom stereocenters. The first-order chi connectivity index (χ1) is 13.9. The van der Waals surface area contributed by atoms with Gasteiger partial charge in [-0.05, 0) is 60.5 Å². The van der Waals surface area contributed by atoms with Crippen LogP contribution in [0, 0.1) is 10.8 Å². The lowest BCUT2D eigenvalue weighted by atomic mass is 9.97. The van der Waals surface area contributed by atoms with Gasteiger partial charge in [0.15, 0.2) is 6.10 Å². The molecule has 30 heavy (non-hydrogen) atoms. The third-order valence-electron chi connectivity index (χ3n) is 4.88. The average molecular weight is 425 g/mol. The number of carbonyl (C=O) groups is 2. The molecular weight excluding hydrogens is 388 g/mol. The first-order valence-electron chi connectivity index (χ1n) is 10.6. The highest BCUT2D eigenvalue weighted by Crippen LogP contribution is 2.26. The van der Waals surface area contributed by atoms with Gasteiger partial charge in [-0.3, -0.25) is 9.59 Å². The number of esters is 2. The van der Waals surface area contributed by atoms with Gasteiger partial charge >= 0.3 is 11.9 Å². The summed E-state index contributed by atoms with van der Waals surface area (Å²) in [5, 5.41) is 10.3. The summed E-state index contributed by atoms with van der Waals surface area (Å²) < 4.78 is 22.7. The monoisotopic (exact) mass is 424 g/mol. The van der Waals surface area contributed by atoms with Crippen LogP contribution in [0.15, 0.2) is 24.3 Å². The molecule has 1 saturated heterocycles. The molecule has 2 rings (SSSR count). The van der Waals surface area contributed by atoms with Crippen molar-refractivity contribution < 1.29 is 33.6 Å². The maximum Gasteiger partial charge on any atom is 0.311 e. The maximum atomic E-state index is 12.4. The summed E-state index contributed by atoms with van der Waals surface area (Å²) >= 11 is 0. The molecule has 0 aromatic heterocycles. The molecule has 7 heteroatoms. The molecule has 0 spiro atoms. The number of fused-ring (bicyclic) bond motifs is 1. The Balaban J connectivity index is 2.08. The summed E-state index contributed by atoms with van der Waals surface area (Å²) in [5.74, 6) is -0.763. The lowest BCUT2D eigenvalue weighted by molar-refractivity contribution is -0.166. The molecule has 170 valence electrons. The first-order valence-corrected chi connectivity index (χ1v) is 10.6. The lowest BCUT2D eigenvalue weighted by Crippen LogP contribution is -2.46. The number of aliphatic hydroxyl groups is 1. The molecule has 0 unspecified atom stereocenters. The topological polar surface area (TPSA) is 91.3 Å². The standard InChI is InChI=1S/C23H36O7/c1-22(2,3)20(25)28-14-16(30-21(26)23(4,5)6)11-10-15-8-7-9-18-19(29-15)17(24)12-13-27-18/h7-8,10-11,15-19,24H,9,12-14H2,1-6H3/b11-10+/t15-,16+,17+,18+,19-/m1/s1. The van der Waals surface area contributed by atoms with E-state index < -0.39 is 41.2 Å². The van der Waals surface area contributed by atoms with Crippen molar-refractivity contribution in [2.24, 2.45) is 10.8 Å². The molecule has 0 saturated carbocycles. The molecule has 0 aromatic rings. The van der Waals surface area contributed by atoms with Crippen LogP contribution < -0.4 is 0 Å². The normalized spacial score (nSPS) is 28.5. The molecule has 2 aliphatic rings. The van der Waals surface area contributed by atoms with Crippen molar-refractivity contribution >= 4 is 11.9 Å². The maximum absolute atomic E-state index is 12.4. The highest BCUT2D eigenvalue weighted by Gasteiger charge is 2.36. The van der Waals surface area contributed by atoms with Crippen molar-refractivity contribution in [3.05, 3.63) is 24.3 Å². The predicted molar refractivity (Wildman–Crippen MR) is 112 cm³/mol. The Bertz CT molecular complexity index is 653. The summed E-state index contributed by atoms with van der Waals surface area (Å²) in [4.78, 5) is 24.5. The van der Waals surface area contributed by atoms with Crippen LogP contribution in [0.5, 0.6) is 0 Å². The fraction of sp³-hybridized carbons (Fsp3) is 0.739. The molecule has 0 aliphatic carbocycles. The second-order valence-corrected chi connectivity index (χ2v) is 9.92. The number of ether oxygens (including phenoxy) is 4. The molecule has 2 heterocycles. The minimum atomic E-state index is -0.744. The number of carbonyl (C=O) groups excluding carboxylic acids is 2. The SMILES string of the molecule is CC(C)(C)C(=O)OC[C@H](/C=C/[C@H]1C=CC[C@@H]2OCC[C@H](O)[C@H]2O1)OC(=O)C(C)(C)C. The minimum Gasteiger partial charge on any atom is -0.461 e. The van der Waals surface area contributed by atoms with E-state index in [1.807, 2.05) is 12.2 Å². The number of aliphatic hydroxyl groups excluding tert-OH is 1. The van der Waals surface area contributed by atoms with Gasteiger partial charge in [0.05, 0.1) is 29.1 Å². The van der Waals surface area contributed by atoms with Gasteiger partial charge in [0.2, 0.25) is 0 Å². The Hall–Kier alpha value is -1.70. The van der Waals surface area contributed by atoms with Gasteiger partial charge in [-0.15, -0.1) is 0 Å². The molecule has 7 nitrogen and oxygen atoms in total. The van der Waals surface area contributed by atoms with E-state index in [0.717, 1.165) is 0 Å². The van der Waals surface area contributed by atoms with Gasteiger partial charge in [-0.25, -0.2) is 0 Å². The van der Waals surface area contributed by atoms with E-state index in [0.29, 0.717) is 19.4 Å². The number of rotatable bonds is 5. The molecule has 0 aromatic carbocycles. The van der Waals surface area contributed by atoms with Crippen molar-refractivity contribution in [3.63, 3.8) is 0 Å². The molecule has 0 radical (unpaired) electrons. The fourth-order valence-corrected chi connectivity index (χ4v) is 2.96. The van der Waals surface area contributed by atoms with Gasteiger partial charge in [0.25, 0.3) is 0 Å². The van der Waals surface area contributed by atoms with Crippen LogP contribution >= 0.6 is 0 Å². The average Bonchev–Trinajstić information content (AvgIpc) is 2.85. The highest BCUT2D eigenvalue weighted by molar-refractivity contribution is 5.76. The number of hydrogen-bond donors (Lipinski definition) is 1. The van der Waals surface area contributed by atoms with E-state index in [4.69, 9.17) is 18.9 Å². The molecule has 0 amide bonds. The molecule has 1 N–H and O–H groups in total. The van der Waals surface area contributed by atoms with Crippen LogP contribution in [0.2, 0.25) is 0 Å². The lowest BCUT2D eigenvalue weighted by Gasteiger charge is -2.35. The Morgan fingerprint density at radius 3 is 2.47 bits per heavy atom. The van der Waals surface area contributed by atoms with E-state index in [-0.39, 0.29) is 18.7 Å². The Labute approximate surface area is 179 Å². The second-order valence-electron chi connectivity index (χ2n) is 9.92. The summed E-state index contributed by atoms with van der Waals surface area (Å²) in [6.45, 7) is 11.0. The van der Waals surface area contributed by atoms with E-state index in [1.54, 1.807) is 53.7 Å². The van der Waals surface area contributed by atoms with Gasteiger partial charge in [0, 0.05) is 6.61 Å². The molecule has 2 aliphatic heterocycles. The van der Waals surface area contributed by atoms with Crippen LogP contribution in [0.3, 0.4) is 0 Å². The minimum absolute atomic E-state index is 0.0807. The quantitative estimate of drug-likeness (QED) is 0.536. The summed E-state index contributed by atoms with van der Waals surface area (Å²) in [6.07, 6.45) is 6.14. The van der Waals surface area contributed by atoms with Gasteiger partial charge < -0.3 is 24.1 Å². The van der Waals surface area contributed by atoms with Crippen molar-refractivity contribution in [2.75, 3.05) is 13.2 Å². The van der Waals surface area contributed by atoms with Crippen LogP contribution in [-0.4, -0.2) is 60.8 Å². The van der Waals surface area contributed by atoms with Gasteiger partial charge in [-0.2, -0.15) is 0 Å². The first kappa shape index (κ1) is 24.6. The van der Waals surface area contributed by atoms with E-state index in [1.165, 1.54) is 0 Å². The molecule has 0 bridgehead atoms. The Morgan fingerprint density at radius 2 is 1.83 bits per heavy atom. The van der Waals surface area contributed by atoms with Gasteiger partial charge in [0.1, 0.15) is 12.7 Å². The van der Waals surface area contributed by atoms with Crippen LogP contribution in [0.4, 0.5) is 0 Å². The third kappa shape index (κ3) is 7.22. The predicted octanol–water partition coefficient (Wildman–Crippen LogP) is 2.95. The second kappa shape index (κ2) is 10.1. The van der Waals surface area contributed by atoms with E-state index in [9.17, 15) is 14.7 Å². The van der Waals surface area contributed by atoms with Crippen LogP contribution in [0.25, 0.3) is 0 Å². The van der Waals surface area contributed by atoms with Crippen LogP contribution in [-0.2, 0) is 28.5 Å². The Morgan fingerprint density at radius 1 is 1.17 bits per heavy atom. The van der Waals surface area contributed by atoms with Crippen LogP contribution in [0.1, 0.15) is 54.4 Å². The zero-order valence-corrected chi connectivity index (χ0v) is 18.9. The summed E-state index contributed by atoms with van der Waals surface area (Å²) in [7, 11) is 0. The van der Waals surface area contributed by atoms with Crippen molar-refractivity contribution in [2.45, 2.75) is 84.9 Å². The summed E-state index contributed by atoms with van der Waals surface area (Å²) in [6, 6.07) is 0. The highest BCUT2D eigenvalue weighted by atomic mass is 16.6. The fourth-order valence-electron chi connectivity index (χ4n) is 2.96. The van der Waals surface area contributed by atoms with E-state index >= 15 is 0 Å². The summed E-state index contributed by atoms with van der Waals surface area (Å²) in [5.41, 5.74) is -1.34. The smallest absolute Gasteiger partial charge is 0.311 e. The largest absolute Gasteiger partial charge is 0.461 e. The Kier molecular flexibility index (Phi) is 8.25. The van der Waals surface area contributed by atoms with Crippen molar-refractivity contribution in [1.82, 2.24) is 0 Å². The molecule has 1 fully saturated rings. The zero-order chi connectivity index (χ0) is 22.5. The van der Waals surface area contributed by atoms with Gasteiger partial charge in [-0.1, -0.05) is 18.2 Å². The van der Waals surface area contributed by atoms with Crippen molar-refractivity contribution in [3.8, 4) is 0 Å². The zero-order valence-electron chi connectivity index (χ0n) is 18.9. The third-order valence-corrected chi connectivity index (χ3v) is 4.88. The number of hydrogen-bond acceptors (Lipinski definition) is 7.